The van der Waals surface area contributed by atoms with Crippen molar-refractivity contribution in [3.8, 4) is 0 Å². The summed E-state index contributed by atoms with van der Waals surface area (Å²) in [5.74, 6) is 1.03. The molecular formula is C16H24N4S. The fourth-order valence-electron chi connectivity index (χ4n) is 3.28. The van der Waals surface area contributed by atoms with E-state index in [1.54, 1.807) is 6.33 Å². The van der Waals surface area contributed by atoms with Gasteiger partial charge < -0.3 is 5.32 Å². The summed E-state index contributed by atoms with van der Waals surface area (Å²) in [5.41, 5.74) is 1.49. The highest BCUT2D eigenvalue weighted by atomic mass is 32.1. The molecule has 0 spiro atoms. The van der Waals surface area contributed by atoms with Gasteiger partial charge in [-0.3, -0.25) is 4.90 Å². The first-order valence-electron chi connectivity index (χ1n) is 7.97. The van der Waals surface area contributed by atoms with E-state index in [0.717, 1.165) is 30.3 Å². The highest BCUT2D eigenvalue weighted by Gasteiger charge is 2.21. The van der Waals surface area contributed by atoms with E-state index < -0.39 is 0 Å². The Hall–Kier alpha value is -1.20. The molecule has 1 aliphatic carbocycles. The van der Waals surface area contributed by atoms with Gasteiger partial charge in [0.2, 0.25) is 0 Å². The fraction of sp³-hybridized carbons (Fsp3) is 0.625. The van der Waals surface area contributed by atoms with Crippen LogP contribution < -0.4 is 5.32 Å². The van der Waals surface area contributed by atoms with E-state index in [-0.39, 0.29) is 0 Å². The number of aryl methyl sites for hydroxylation is 2. The molecule has 0 saturated heterocycles. The number of likely N-dealkylation sites (N-methyl/N-ethyl adjacent to an activating group) is 1. The summed E-state index contributed by atoms with van der Waals surface area (Å²) >= 11 is 1.85. The predicted molar refractivity (Wildman–Crippen MR) is 90.3 cm³/mol. The zero-order valence-corrected chi connectivity index (χ0v) is 14.0. The molecule has 21 heavy (non-hydrogen) atoms. The highest BCUT2D eigenvalue weighted by Crippen LogP contribution is 2.38. The van der Waals surface area contributed by atoms with Crippen molar-refractivity contribution in [1.29, 1.82) is 0 Å². The second kappa shape index (κ2) is 6.28. The number of nitrogens with one attached hydrogen (secondary N) is 1. The van der Waals surface area contributed by atoms with Gasteiger partial charge in [-0.05, 0) is 44.8 Å². The van der Waals surface area contributed by atoms with E-state index in [2.05, 4.69) is 41.0 Å². The van der Waals surface area contributed by atoms with Crippen LogP contribution in [0.4, 0.5) is 5.82 Å². The quantitative estimate of drug-likeness (QED) is 0.889. The molecule has 2 aromatic rings. The van der Waals surface area contributed by atoms with E-state index in [1.165, 1.54) is 35.1 Å². The van der Waals surface area contributed by atoms with Crippen LogP contribution >= 0.6 is 11.3 Å². The van der Waals surface area contributed by atoms with Crippen molar-refractivity contribution in [2.75, 3.05) is 25.0 Å². The second-order valence-corrected chi connectivity index (χ2v) is 6.79. The molecule has 0 radical (unpaired) electrons. The zero-order valence-electron chi connectivity index (χ0n) is 13.1. The standard InChI is InChI=1S/C16H24N4S/c1-4-20(5-2)11(3)9-17-15-14-12-7-6-8-13(12)21-16(14)19-10-18-15/h10-11H,4-9H2,1-3H3,(H,17,18,19). The van der Waals surface area contributed by atoms with Gasteiger partial charge in [0.15, 0.2) is 0 Å². The molecule has 1 N–H and O–H groups in total. The van der Waals surface area contributed by atoms with Crippen molar-refractivity contribution in [1.82, 2.24) is 14.9 Å². The Bertz CT molecular complexity index is 618. The Kier molecular flexibility index (Phi) is 4.40. The Morgan fingerprint density at radius 1 is 1.29 bits per heavy atom. The molecule has 0 aromatic carbocycles. The summed E-state index contributed by atoms with van der Waals surface area (Å²) in [7, 11) is 0. The third kappa shape index (κ3) is 2.77. The van der Waals surface area contributed by atoms with Crippen LogP contribution in [0.15, 0.2) is 6.33 Å². The van der Waals surface area contributed by atoms with E-state index in [0.29, 0.717) is 6.04 Å². The Morgan fingerprint density at radius 2 is 2.10 bits per heavy atom. The SMILES string of the molecule is CCN(CC)C(C)CNc1ncnc2sc3c(c12)CCC3. The smallest absolute Gasteiger partial charge is 0.138 e. The third-order valence-electron chi connectivity index (χ3n) is 4.50. The summed E-state index contributed by atoms with van der Waals surface area (Å²) in [6.07, 6.45) is 5.37. The van der Waals surface area contributed by atoms with Gasteiger partial charge in [0.05, 0.1) is 5.39 Å². The third-order valence-corrected chi connectivity index (χ3v) is 5.70. The van der Waals surface area contributed by atoms with Gasteiger partial charge >= 0.3 is 0 Å². The lowest BCUT2D eigenvalue weighted by Crippen LogP contribution is -2.37. The van der Waals surface area contributed by atoms with Crippen molar-refractivity contribution in [2.45, 2.75) is 46.1 Å². The summed E-state index contributed by atoms with van der Waals surface area (Å²) in [6, 6.07) is 0.511. The number of nitrogens with zero attached hydrogens (tertiary/aromatic N) is 3. The molecule has 0 fully saturated rings. The Morgan fingerprint density at radius 3 is 2.86 bits per heavy atom. The summed E-state index contributed by atoms with van der Waals surface area (Å²) in [6.45, 7) is 9.82. The number of rotatable bonds is 6. The molecule has 0 aliphatic heterocycles. The van der Waals surface area contributed by atoms with Gasteiger partial charge in [-0.2, -0.15) is 0 Å². The predicted octanol–water partition coefficient (Wildman–Crippen LogP) is 3.32. The molecule has 0 bridgehead atoms. The first-order chi connectivity index (χ1) is 10.2. The molecule has 1 aliphatic rings. The van der Waals surface area contributed by atoms with Gasteiger partial charge in [-0.1, -0.05) is 13.8 Å². The summed E-state index contributed by atoms with van der Waals surface area (Å²) < 4.78 is 0. The maximum absolute atomic E-state index is 4.51. The van der Waals surface area contributed by atoms with E-state index in [4.69, 9.17) is 0 Å². The van der Waals surface area contributed by atoms with Crippen molar-refractivity contribution >= 4 is 27.4 Å². The van der Waals surface area contributed by atoms with Crippen LogP contribution in [-0.2, 0) is 12.8 Å². The largest absolute Gasteiger partial charge is 0.368 e. The Labute approximate surface area is 130 Å². The van der Waals surface area contributed by atoms with E-state index in [1.807, 2.05) is 11.3 Å². The molecule has 5 heteroatoms. The van der Waals surface area contributed by atoms with Gasteiger partial charge in [0.1, 0.15) is 17.0 Å². The molecule has 114 valence electrons. The van der Waals surface area contributed by atoms with Crippen molar-refractivity contribution in [3.05, 3.63) is 16.8 Å². The van der Waals surface area contributed by atoms with Crippen LogP contribution in [0.3, 0.4) is 0 Å². The highest BCUT2D eigenvalue weighted by molar-refractivity contribution is 7.19. The molecule has 1 atom stereocenters. The summed E-state index contributed by atoms with van der Waals surface area (Å²) in [5, 5.41) is 4.85. The van der Waals surface area contributed by atoms with Crippen LogP contribution in [0, 0.1) is 0 Å². The number of anilines is 1. The van der Waals surface area contributed by atoms with Gasteiger partial charge in [-0.15, -0.1) is 11.3 Å². The van der Waals surface area contributed by atoms with Crippen LogP contribution in [-0.4, -0.2) is 40.5 Å². The van der Waals surface area contributed by atoms with Crippen LogP contribution in [0.5, 0.6) is 0 Å². The van der Waals surface area contributed by atoms with Crippen LogP contribution in [0.25, 0.3) is 10.2 Å². The maximum atomic E-state index is 4.51. The average molecular weight is 304 g/mol. The average Bonchev–Trinajstić information content (AvgIpc) is 3.06. The molecule has 2 heterocycles. The van der Waals surface area contributed by atoms with Crippen molar-refractivity contribution < 1.29 is 0 Å². The van der Waals surface area contributed by atoms with Crippen molar-refractivity contribution in [3.63, 3.8) is 0 Å². The monoisotopic (exact) mass is 304 g/mol. The van der Waals surface area contributed by atoms with Gasteiger partial charge in [0, 0.05) is 17.5 Å². The molecule has 0 saturated carbocycles. The first kappa shape index (κ1) is 14.7. The lowest BCUT2D eigenvalue weighted by Gasteiger charge is -2.26. The normalized spacial score (nSPS) is 15.6. The molecule has 3 rings (SSSR count). The number of fused-ring (bicyclic) bond motifs is 3. The molecule has 2 aromatic heterocycles. The maximum Gasteiger partial charge on any atom is 0.138 e. The first-order valence-corrected chi connectivity index (χ1v) is 8.79. The minimum absolute atomic E-state index is 0.511. The fourth-order valence-corrected chi connectivity index (χ4v) is 4.51. The topological polar surface area (TPSA) is 41.0 Å². The molecule has 0 amide bonds. The number of aromatic nitrogens is 2. The number of thiophene rings is 1. The van der Waals surface area contributed by atoms with Gasteiger partial charge in [0.25, 0.3) is 0 Å². The lowest BCUT2D eigenvalue weighted by molar-refractivity contribution is 0.240. The number of hydrogen-bond acceptors (Lipinski definition) is 5. The van der Waals surface area contributed by atoms with E-state index >= 15 is 0 Å². The molecule has 4 nitrogen and oxygen atoms in total. The lowest BCUT2D eigenvalue weighted by atomic mass is 10.2. The second-order valence-electron chi connectivity index (χ2n) is 5.71. The summed E-state index contributed by atoms with van der Waals surface area (Å²) in [4.78, 5) is 14.1. The molecule has 1 unspecified atom stereocenters. The van der Waals surface area contributed by atoms with Crippen molar-refractivity contribution in [2.24, 2.45) is 0 Å². The minimum atomic E-state index is 0.511. The van der Waals surface area contributed by atoms with Crippen LogP contribution in [0.2, 0.25) is 0 Å². The Balaban J connectivity index is 1.81. The van der Waals surface area contributed by atoms with Gasteiger partial charge in [-0.25, -0.2) is 9.97 Å². The van der Waals surface area contributed by atoms with Crippen LogP contribution in [0.1, 0.15) is 37.6 Å². The minimum Gasteiger partial charge on any atom is -0.368 e. The molecular weight excluding hydrogens is 280 g/mol. The number of hydrogen-bond donors (Lipinski definition) is 1. The zero-order chi connectivity index (χ0) is 14.8. The van der Waals surface area contributed by atoms with E-state index in [9.17, 15) is 0 Å².